The smallest absolute Gasteiger partial charge is 0.333 e. The van der Waals surface area contributed by atoms with Crippen molar-refractivity contribution in [1.29, 1.82) is 0 Å². The first-order valence-corrected chi connectivity index (χ1v) is 7.52. The Bertz CT molecular complexity index is 546. The van der Waals surface area contributed by atoms with E-state index in [4.69, 9.17) is 4.74 Å². The molecule has 0 radical (unpaired) electrons. The molecule has 5 heteroatoms. The number of esters is 1. The van der Waals surface area contributed by atoms with Gasteiger partial charge in [-0.3, -0.25) is 0 Å². The Labute approximate surface area is 114 Å². The standard InChI is InChI=1S/C14H18O4S/c1-11(2)14(15)18-10-9-12(3)19(16,17)13-7-5-4-6-8-13/h4-8,12H,1,9-10H2,2-3H3. The van der Waals surface area contributed by atoms with Crippen LogP contribution >= 0.6 is 0 Å². The number of rotatable bonds is 6. The lowest BCUT2D eigenvalue weighted by atomic mass is 10.3. The van der Waals surface area contributed by atoms with Crippen LogP contribution in [-0.2, 0) is 19.4 Å². The van der Waals surface area contributed by atoms with Crippen molar-refractivity contribution in [1.82, 2.24) is 0 Å². The lowest BCUT2D eigenvalue weighted by Crippen LogP contribution is -2.21. The number of benzene rings is 1. The van der Waals surface area contributed by atoms with E-state index in [0.29, 0.717) is 5.57 Å². The largest absolute Gasteiger partial charge is 0.462 e. The van der Waals surface area contributed by atoms with Gasteiger partial charge in [0.25, 0.3) is 0 Å². The average molecular weight is 282 g/mol. The SMILES string of the molecule is C=C(C)C(=O)OCCC(C)S(=O)(=O)c1ccccc1. The fourth-order valence-corrected chi connectivity index (χ4v) is 2.85. The van der Waals surface area contributed by atoms with Crippen LogP contribution in [0.2, 0.25) is 0 Å². The highest BCUT2D eigenvalue weighted by atomic mass is 32.2. The third-order valence-corrected chi connectivity index (χ3v) is 4.93. The first kappa shape index (κ1) is 15.4. The summed E-state index contributed by atoms with van der Waals surface area (Å²) < 4.78 is 29.3. The molecule has 1 unspecified atom stereocenters. The van der Waals surface area contributed by atoms with Crippen LogP contribution in [0.4, 0.5) is 0 Å². The molecule has 0 saturated carbocycles. The number of carbonyl (C=O) groups is 1. The summed E-state index contributed by atoms with van der Waals surface area (Å²) in [7, 11) is -3.37. The summed E-state index contributed by atoms with van der Waals surface area (Å²) in [4.78, 5) is 11.5. The highest BCUT2D eigenvalue weighted by Crippen LogP contribution is 2.17. The van der Waals surface area contributed by atoms with E-state index in [1.165, 1.54) is 0 Å². The quantitative estimate of drug-likeness (QED) is 0.593. The van der Waals surface area contributed by atoms with Crippen LogP contribution < -0.4 is 0 Å². The molecule has 0 fully saturated rings. The number of hydrogen-bond donors (Lipinski definition) is 0. The molecule has 1 aromatic carbocycles. The molecule has 0 aliphatic heterocycles. The normalized spacial score (nSPS) is 12.7. The first-order valence-electron chi connectivity index (χ1n) is 5.97. The zero-order chi connectivity index (χ0) is 14.5. The van der Waals surface area contributed by atoms with Gasteiger partial charge in [-0.1, -0.05) is 24.8 Å². The van der Waals surface area contributed by atoms with Crippen molar-refractivity contribution in [3.63, 3.8) is 0 Å². The van der Waals surface area contributed by atoms with Gasteiger partial charge < -0.3 is 4.74 Å². The molecule has 4 nitrogen and oxygen atoms in total. The highest BCUT2D eigenvalue weighted by Gasteiger charge is 2.23. The predicted molar refractivity (Wildman–Crippen MR) is 73.5 cm³/mol. The summed E-state index contributed by atoms with van der Waals surface area (Å²) in [6.07, 6.45) is 0.260. The Hall–Kier alpha value is -1.62. The molecule has 1 rings (SSSR count). The number of hydrogen-bond acceptors (Lipinski definition) is 4. The number of sulfone groups is 1. The molecule has 0 N–H and O–H groups in total. The third-order valence-electron chi connectivity index (χ3n) is 2.71. The molecule has 0 bridgehead atoms. The van der Waals surface area contributed by atoms with Gasteiger partial charge in [0.1, 0.15) is 0 Å². The molecular weight excluding hydrogens is 264 g/mol. The summed E-state index contributed by atoms with van der Waals surface area (Å²) >= 11 is 0. The van der Waals surface area contributed by atoms with Crippen molar-refractivity contribution in [3.05, 3.63) is 42.5 Å². The van der Waals surface area contributed by atoms with Crippen molar-refractivity contribution in [3.8, 4) is 0 Å². The van der Waals surface area contributed by atoms with E-state index in [1.54, 1.807) is 44.2 Å². The van der Waals surface area contributed by atoms with Crippen molar-refractivity contribution in [2.45, 2.75) is 30.4 Å². The number of carbonyl (C=O) groups excluding carboxylic acids is 1. The van der Waals surface area contributed by atoms with Crippen LogP contribution in [0.5, 0.6) is 0 Å². The van der Waals surface area contributed by atoms with Gasteiger partial charge in [-0.05, 0) is 32.4 Å². The monoisotopic (exact) mass is 282 g/mol. The Morgan fingerprint density at radius 3 is 2.42 bits per heavy atom. The molecule has 0 saturated heterocycles. The molecule has 19 heavy (non-hydrogen) atoms. The van der Waals surface area contributed by atoms with Crippen molar-refractivity contribution in [2.24, 2.45) is 0 Å². The second kappa shape index (κ2) is 6.52. The summed E-state index contributed by atoms with van der Waals surface area (Å²) in [5.41, 5.74) is 0.304. The van der Waals surface area contributed by atoms with Gasteiger partial charge in [-0.15, -0.1) is 0 Å². The van der Waals surface area contributed by atoms with Crippen LogP contribution in [0.25, 0.3) is 0 Å². The van der Waals surface area contributed by atoms with E-state index < -0.39 is 21.1 Å². The minimum absolute atomic E-state index is 0.0684. The lowest BCUT2D eigenvalue weighted by Gasteiger charge is -2.13. The Kier molecular flexibility index (Phi) is 5.30. The van der Waals surface area contributed by atoms with E-state index in [0.717, 1.165) is 0 Å². The second-order valence-corrected chi connectivity index (χ2v) is 6.74. The van der Waals surface area contributed by atoms with Crippen LogP contribution in [0.15, 0.2) is 47.4 Å². The summed E-state index contributed by atoms with van der Waals surface area (Å²) in [5.74, 6) is -0.496. The fraction of sp³-hybridized carbons (Fsp3) is 0.357. The molecule has 0 heterocycles. The Morgan fingerprint density at radius 2 is 1.89 bits per heavy atom. The van der Waals surface area contributed by atoms with Gasteiger partial charge in [-0.2, -0.15) is 0 Å². The van der Waals surface area contributed by atoms with Gasteiger partial charge in [0.15, 0.2) is 9.84 Å². The van der Waals surface area contributed by atoms with E-state index >= 15 is 0 Å². The highest BCUT2D eigenvalue weighted by molar-refractivity contribution is 7.92. The van der Waals surface area contributed by atoms with Gasteiger partial charge >= 0.3 is 5.97 Å². The Morgan fingerprint density at radius 1 is 1.32 bits per heavy atom. The second-order valence-electron chi connectivity index (χ2n) is 4.37. The summed E-state index contributed by atoms with van der Waals surface area (Å²) in [6, 6.07) is 8.25. The van der Waals surface area contributed by atoms with E-state index in [9.17, 15) is 13.2 Å². The molecule has 1 atom stereocenters. The molecule has 0 aliphatic carbocycles. The first-order chi connectivity index (χ1) is 8.85. The van der Waals surface area contributed by atoms with Crippen LogP contribution in [0, 0.1) is 0 Å². The molecule has 0 aromatic heterocycles. The molecule has 0 aliphatic rings. The molecule has 0 spiro atoms. The zero-order valence-electron chi connectivity index (χ0n) is 11.1. The van der Waals surface area contributed by atoms with E-state index in [2.05, 4.69) is 6.58 Å². The van der Waals surface area contributed by atoms with E-state index in [1.807, 2.05) is 0 Å². The van der Waals surface area contributed by atoms with Crippen molar-refractivity contribution < 1.29 is 17.9 Å². The minimum atomic E-state index is -3.37. The molecule has 1 aromatic rings. The maximum absolute atomic E-state index is 12.2. The molecule has 0 amide bonds. The van der Waals surface area contributed by atoms with Crippen LogP contribution in [-0.4, -0.2) is 26.2 Å². The maximum Gasteiger partial charge on any atom is 0.333 e. The fourth-order valence-electron chi connectivity index (χ4n) is 1.44. The molecular formula is C14H18O4S. The Balaban J connectivity index is 2.61. The van der Waals surface area contributed by atoms with Crippen LogP contribution in [0.3, 0.4) is 0 Å². The predicted octanol–water partition coefficient (Wildman–Crippen LogP) is 2.36. The average Bonchev–Trinajstić information content (AvgIpc) is 2.39. The van der Waals surface area contributed by atoms with Crippen LogP contribution in [0.1, 0.15) is 20.3 Å². The zero-order valence-corrected chi connectivity index (χ0v) is 11.9. The van der Waals surface area contributed by atoms with Gasteiger partial charge in [0.2, 0.25) is 0 Å². The van der Waals surface area contributed by atoms with Gasteiger partial charge in [-0.25, -0.2) is 13.2 Å². The lowest BCUT2D eigenvalue weighted by molar-refractivity contribution is -0.139. The van der Waals surface area contributed by atoms with Gasteiger partial charge in [0.05, 0.1) is 16.8 Å². The number of ether oxygens (including phenoxy) is 1. The third kappa shape index (κ3) is 4.21. The molecule has 104 valence electrons. The van der Waals surface area contributed by atoms with E-state index in [-0.39, 0.29) is 17.9 Å². The summed E-state index contributed by atoms with van der Waals surface area (Å²) in [5, 5.41) is -0.604. The minimum Gasteiger partial charge on any atom is -0.462 e. The van der Waals surface area contributed by atoms with Crippen molar-refractivity contribution in [2.75, 3.05) is 6.61 Å². The topological polar surface area (TPSA) is 60.4 Å². The van der Waals surface area contributed by atoms with Crippen molar-refractivity contribution >= 4 is 15.8 Å². The summed E-state index contributed by atoms with van der Waals surface area (Å²) in [6.45, 7) is 6.68. The van der Waals surface area contributed by atoms with Gasteiger partial charge in [0, 0.05) is 5.57 Å². The maximum atomic E-state index is 12.2.